The second kappa shape index (κ2) is 13.6. The molecule has 0 spiro atoms. The van der Waals surface area contributed by atoms with Gasteiger partial charge in [0.1, 0.15) is 6.04 Å². The van der Waals surface area contributed by atoms with Gasteiger partial charge in [0.15, 0.2) is 0 Å². The number of nitrogens with one attached hydrogen (secondary N) is 1. The zero-order chi connectivity index (χ0) is 22.9. The molecule has 2 unspecified atom stereocenters. The van der Waals surface area contributed by atoms with Gasteiger partial charge < -0.3 is 15.2 Å². The van der Waals surface area contributed by atoms with Gasteiger partial charge in [-0.25, -0.2) is 4.79 Å². The van der Waals surface area contributed by atoms with Gasteiger partial charge in [-0.2, -0.15) is 11.8 Å². The van der Waals surface area contributed by atoms with E-state index in [1.54, 1.807) is 35.2 Å². The molecule has 0 fully saturated rings. The average molecular weight is 478 g/mol. The van der Waals surface area contributed by atoms with Crippen LogP contribution in [0.5, 0.6) is 0 Å². The van der Waals surface area contributed by atoms with E-state index >= 15 is 0 Å². The number of hydrogen-bond acceptors (Lipinski definition) is 5. The molecule has 0 aliphatic rings. The minimum absolute atomic E-state index is 0. The molecule has 0 aliphatic heterocycles. The summed E-state index contributed by atoms with van der Waals surface area (Å²) in [5.41, 5.74) is 3.25. The van der Waals surface area contributed by atoms with Gasteiger partial charge in [0, 0.05) is 15.7 Å². The third kappa shape index (κ3) is 7.77. The molecule has 1 heterocycles. The molecule has 8 heteroatoms. The molecule has 170 valence electrons. The summed E-state index contributed by atoms with van der Waals surface area (Å²) in [5, 5.41) is 14.4. The quantitative estimate of drug-likeness (QED) is 0.395. The first-order valence-corrected chi connectivity index (χ1v) is 12.5. The van der Waals surface area contributed by atoms with Crippen LogP contribution in [-0.4, -0.2) is 60.0 Å². The van der Waals surface area contributed by atoms with Crippen molar-refractivity contribution in [1.82, 2.24) is 5.32 Å². The van der Waals surface area contributed by atoms with Crippen molar-refractivity contribution in [3.63, 3.8) is 0 Å². The molecule has 2 N–H and O–H groups in total. The summed E-state index contributed by atoms with van der Waals surface area (Å²) >= 11 is 3.17. The molecular weight excluding hydrogens is 449 g/mol. The molecule has 0 aliphatic carbocycles. The molecule has 3 aromatic rings. The van der Waals surface area contributed by atoms with E-state index in [1.807, 2.05) is 67.1 Å². The van der Waals surface area contributed by atoms with Crippen LogP contribution in [0.1, 0.15) is 27.2 Å². The Morgan fingerprint density at radius 1 is 1.06 bits per heavy atom. The number of ether oxygens (including phenoxy) is 1. The number of carbonyl (C=O) groups is 2. The number of carboxylic acid groups (broad SMARTS) is 1. The number of amides is 1. The molecule has 0 bridgehead atoms. The SMILES string of the molecule is CSC(COCc1cccs1)CC(NC(=O)c1ccccc1-c1ccccc1C)C(=O)O.[LiH]. The van der Waals surface area contributed by atoms with Gasteiger partial charge in [-0.05, 0) is 53.8 Å². The number of thiophene rings is 1. The Morgan fingerprint density at radius 3 is 2.39 bits per heavy atom. The average Bonchev–Trinajstić information content (AvgIpc) is 3.31. The summed E-state index contributed by atoms with van der Waals surface area (Å²) in [5.74, 6) is -1.44. The Balaban J connectivity index is 0.00000385. The molecule has 0 radical (unpaired) electrons. The number of aliphatic carboxylic acids is 1. The number of hydrogen-bond donors (Lipinski definition) is 2. The van der Waals surface area contributed by atoms with Crippen LogP contribution in [0, 0.1) is 6.92 Å². The van der Waals surface area contributed by atoms with Crippen LogP contribution >= 0.6 is 23.1 Å². The predicted molar refractivity (Wildman–Crippen MR) is 139 cm³/mol. The molecule has 0 saturated heterocycles. The monoisotopic (exact) mass is 477 g/mol. The molecular formula is C25H28LiNO4S2. The number of carboxylic acids is 1. The Kier molecular flexibility index (Phi) is 11.3. The molecule has 2 aromatic carbocycles. The molecule has 0 saturated carbocycles. The number of rotatable bonds is 11. The first-order valence-electron chi connectivity index (χ1n) is 10.3. The van der Waals surface area contributed by atoms with Crippen LogP contribution < -0.4 is 5.32 Å². The zero-order valence-corrected chi connectivity index (χ0v) is 19.7. The van der Waals surface area contributed by atoms with Crippen LogP contribution in [-0.2, 0) is 16.1 Å². The molecule has 5 nitrogen and oxygen atoms in total. The van der Waals surface area contributed by atoms with Crippen molar-refractivity contribution in [2.45, 2.75) is 31.2 Å². The third-order valence-electron chi connectivity index (χ3n) is 5.17. The normalized spacial score (nSPS) is 12.4. The van der Waals surface area contributed by atoms with Crippen molar-refractivity contribution >= 4 is 53.8 Å². The van der Waals surface area contributed by atoms with Crippen LogP contribution in [0.2, 0.25) is 0 Å². The summed E-state index contributed by atoms with van der Waals surface area (Å²) in [6.07, 6.45) is 2.20. The summed E-state index contributed by atoms with van der Waals surface area (Å²) in [4.78, 5) is 26.1. The fourth-order valence-electron chi connectivity index (χ4n) is 3.43. The predicted octanol–water partition coefficient (Wildman–Crippen LogP) is 4.60. The first kappa shape index (κ1) is 27.2. The number of thioether (sulfide) groups is 1. The van der Waals surface area contributed by atoms with E-state index in [-0.39, 0.29) is 30.5 Å². The zero-order valence-electron chi connectivity index (χ0n) is 18.1. The van der Waals surface area contributed by atoms with E-state index in [0.717, 1.165) is 21.6 Å². The van der Waals surface area contributed by atoms with Crippen molar-refractivity contribution in [3.8, 4) is 11.1 Å². The second-order valence-corrected chi connectivity index (χ2v) is 9.58. The summed E-state index contributed by atoms with van der Waals surface area (Å²) in [6, 6.07) is 18.1. The van der Waals surface area contributed by atoms with Gasteiger partial charge in [-0.1, -0.05) is 48.5 Å². The molecule has 1 aromatic heterocycles. The molecule has 2 atom stereocenters. The van der Waals surface area contributed by atoms with Crippen LogP contribution in [0.15, 0.2) is 66.0 Å². The topological polar surface area (TPSA) is 75.6 Å². The number of carbonyl (C=O) groups excluding carboxylic acids is 1. The first-order chi connectivity index (χ1) is 15.5. The fourth-order valence-corrected chi connectivity index (χ4v) is 4.69. The van der Waals surface area contributed by atoms with Crippen molar-refractivity contribution in [2.75, 3.05) is 12.9 Å². The standard InChI is InChI=1S/C25H27NO4S2.Li.H/c1-17-8-3-4-10-20(17)21-11-5-6-12-22(21)24(27)26-23(25(28)29)14-19(31-2)16-30-15-18-9-7-13-32-18;;/h3-13,19,23H,14-16H2,1-2H3,(H,26,27)(H,28,29);;. The van der Waals surface area contributed by atoms with E-state index in [2.05, 4.69) is 5.32 Å². The Hall–Kier alpha value is -2.01. The van der Waals surface area contributed by atoms with Gasteiger partial charge in [0.2, 0.25) is 0 Å². The molecule has 1 amide bonds. The second-order valence-electron chi connectivity index (χ2n) is 7.41. The van der Waals surface area contributed by atoms with Crippen molar-refractivity contribution in [3.05, 3.63) is 82.0 Å². The van der Waals surface area contributed by atoms with E-state index in [9.17, 15) is 14.7 Å². The third-order valence-corrected chi connectivity index (χ3v) is 7.02. The van der Waals surface area contributed by atoms with E-state index in [4.69, 9.17) is 4.74 Å². The number of aryl methyl sites for hydroxylation is 1. The van der Waals surface area contributed by atoms with Crippen LogP contribution in [0.4, 0.5) is 0 Å². The van der Waals surface area contributed by atoms with Gasteiger partial charge >= 0.3 is 24.8 Å². The van der Waals surface area contributed by atoms with E-state index in [1.165, 1.54) is 0 Å². The summed E-state index contributed by atoms with van der Waals surface area (Å²) in [7, 11) is 0. The maximum atomic E-state index is 13.1. The van der Waals surface area contributed by atoms with Gasteiger partial charge in [0.05, 0.1) is 13.2 Å². The van der Waals surface area contributed by atoms with Gasteiger partial charge in [0.25, 0.3) is 5.91 Å². The Bertz CT molecular complexity index is 1040. The number of benzene rings is 2. The van der Waals surface area contributed by atoms with Crippen molar-refractivity contribution < 1.29 is 19.4 Å². The Morgan fingerprint density at radius 2 is 1.76 bits per heavy atom. The molecule has 3 rings (SSSR count). The van der Waals surface area contributed by atoms with Gasteiger partial charge in [-0.15, -0.1) is 11.3 Å². The van der Waals surface area contributed by atoms with Gasteiger partial charge in [-0.3, -0.25) is 4.79 Å². The fraction of sp³-hybridized carbons (Fsp3) is 0.280. The van der Waals surface area contributed by atoms with Crippen LogP contribution in [0.25, 0.3) is 11.1 Å². The van der Waals surface area contributed by atoms with Crippen molar-refractivity contribution in [2.24, 2.45) is 0 Å². The Labute approximate surface area is 215 Å². The summed E-state index contributed by atoms with van der Waals surface area (Å²) in [6.45, 7) is 2.91. The summed E-state index contributed by atoms with van der Waals surface area (Å²) < 4.78 is 5.78. The minimum atomic E-state index is -1.05. The van der Waals surface area contributed by atoms with E-state index in [0.29, 0.717) is 18.8 Å². The van der Waals surface area contributed by atoms with E-state index < -0.39 is 17.9 Å². The maximum absolute atomic E-state index is 13.1. The molecule has 33 heavy (non-hydrogen) atoms. The van der Waals surface area contributed by atoms with Crippen molar-refractivity contribution in [1.29, 1.82) is 0 Å². The van der Waals surface area contributed by atoms with Crippen LogP contribution in [0.3, 0.4) is 0 Å².